The molecule has 17 heavy (non-hydrogen) atoms. The molecular weight excluding hydrogens is 214 g/mol. The maximum atomic E-state index is 11.9. The first-order valence-corrected chi connectivity index (χ1v) is 6.17. The molecule has 1 saturated heterocycles. The van der Waals surface area contributed by atoms with Crippen molar-refractivity contribution in [1.82, 2.24) is 4.90 Å². The lowest BCUT2D eigenvalue weighted by atomic mass is 9.96. The fourth-order valence-corrected chi connectivity index (χ4v) is 2.40. The number of aliphatic hydroxyl groups is 1. The molecule has 3 heteroatoms. The van der Waals surface area contributed by atoms with E-state index in [0.29, 0.717) is 12.3 Å². The highest BCUT2D eigenvalue weighted by Gasteiger charge is 2.29. The number of nitrogens with zero attached hydrogens (tertiary/aromatic N) is 1. The summed E-state index contributed by atoms with van der Waals surface area (Å²) in [4.78, 5) is 13.8. The van der Waals surface area contributed by atoms with Crippen LogP contribution in [-0.2, 0) is 4.79 Å². The van der Waals surface area contributed by atoms with Crippen LogP contribution in [0.15, 0.2) is 30.3 Å². The van der Waals surface area contributed by atoms with E-state index in [1.54, 1.807) is 0 Å². The number of rotatable bonds is 3. The van der Waals surface area contributed by atoms with E-state index < -0.39 is 0 Å². The van der Waals surface area contributed by atoms with Gasteiger partial charge in [-0.05, 0) is 17.9 Å². The summed E-state index contributed by atoms with van der Waals surface area (Å²) >= 11 is 0. The number of piperidine rings is 1. The fraction of sp³-hybridized carbons (Fsp3) is 0.500. The molecular formula is C14H19NO2. The third-order valence-electron chi connectivity index (χ3n) is 3.41. The zero-order chi connectivity index (χ0) is 12.3. The quantitative estimate of drug-likeness (QED) is 0.867. The Morgan fingerprint density at radius 1 is 1.41 bits per heavy atom. The van der Waals surface area contributed by atoms with Gasteiger partial charge in [0.15, 0.2) is 0 Å². The van der Waals surface area contributed by atoms with E-state index >= 15 is 0 Å². The predicted molar refractivity (Wildman–Crippen MR) is 66.4 cm³/mol. The second-order valence-corrected chi connectivity index (χ2v) is 4.80. The minimum Gasteiger partial charge on any atom is -0.394 e. The highest BCUT2D eigenvalue weighted by atomic mass is 16.3. The molecule has 0 bridgehead atoms. The molecule has 0 spiro atoms. The van der Waals surface area contributed by atoms with Crippen molar-refractivity contribution in [2.45, 2.75) is 25.8 Å². The van der Waals surface area contributed by atoms with Crippen molar-refractivity contribution < 1.29 is 9.90 Å². The van der Waals surface area contributed by atoms with Gasteiger partial charge in [-0.1, -0.05) is 37.3 Å². The molecule has 1 amide bonds. The Hall–Kier alpha value is -1.35. The van der Waals surface area contributed by atoms with Crippen molar-refractivity contribution in [2.24, 2.45) is 5.92 Å². The normalized spacial score (nSPS) is 22.6. The Labute approximate surface area is 102 Å². The van der Waals surface area contributed by atoms with Gasteiger partial charge in [0.05, 0.1) is 12.6 Å². The van der Waals surface area contributed by atoms with Gasteiger partial charge >= 0.3 is 0 Å². The average Bonchev–Trinajstić information content (AvgIpc) is 2.36. The molecule has 1 N–H and O–H groups in total. The second kappa shape index (κ2) is 5.32. The third-order valence-corrected chi connectivity index (χ3v) is 3.41. The van der Waals surface area contributed by atoms with E-state index in [4.69, 9.17) is 0 Å². The fourth-order valence-electron chi connectivity index (χ4n) is 2.40. The molecule has 2 rings (SSSR count). The minimum absolute atomic E-state index is 0.0114. The third kappa shape index (κ3) is 2.67. The Kier molecular flexibility index (Phi) is 3.79. The number of hydrogen-bond donors (Lipinski definition) is 1. The predicted octanol–water partition coefficient (Wildman–Crippen LogP) is 1.98. The van der Waals surface area contributed by atoms with Crippen molar-refractivity contribution in [3.05, 3.63) is 35.9 Å². The van der Waals surface area contributed by atoms with Gasteiger partial charge in [-0.15, -0.1) is 0 Å². The molecule has 0 aliphatic carbocycles. The lowest BCUT2D eigenvalue weighted by Gasteiger charge is -2.36. The molecule has 1 heterocycles. The Morgan fingerprint density at radius 3 is 2.76 bits per heavy atom. The average molecular weight is 233 g/mol. The van der Waals surface area contributed by atoms with Gasteiger partial charge < -0.3 is 10.0 Å². The van der Waals surface area contributed by atoms with Crippen LogP contribution in [0.1, 0.15) is 31.4 Å². The van der Waals surface area contributed by atoms with E-state index in [9.17, 15) is 9.90 Å². The highest BCUT2D eigenvalue weighted by molar-refractivity contribution is 5.77. The monoisotopic (exact) mass is 233 g/mol. The zero-order valence-electron chi connectivity index (χ0n) is 10.2. The number of aliphatic hydroxyl groups excluding tert-OH is 1. The van der Waals surface area contributed by atoms with Crippen molar-refractivity contribution in [3.8, 4) is 0 Å². The molecule has 92 valence electrons. The maximum absolute atomic E-state index is 11.9. The van der Waals surface area contributed by atoms with Gasteiger partial charge in [0.2, 0.25) is 5.91 Å². The van der Waals surface area contributed by atoms with Crippen molar-refractivity contribution in [2.75, 3.05) is 13.2 Å². The van der Waals surface area contributed by atoms with E-state index in [2.05, 4.69) is 6.92 Å². The van der Waals surface area contributed by atoms with E-state index in [-0.39, 0.29) is 18.6 Å². The van der Waals surface area contributed by atoms with Gasteiger partial charge in [-0.2, -0.15) is 0 Å². The van der Waals surface area contributed by atoms with Gasteiger partial charge in [0, 0.05) is 13.0 Å². The Balaban J connectivity index is 2.20. The second-order valence-electron chi connectivity index (χ2n) is 4.80. The van der Waals surface area contributed by atoms with Crippen LogP contribution < -0.4 is 0 Å². The van der Waals surface area contributed by atoms with Crippen LogP contribution in [0.3, 0.4) is 0 Å². The van der Waals surface area contributed by atoms with Gasteiger partial charge in [-0.25, -0.2) is 0 Å². The van der Waals surface area contributed by atoms with Crippen LogP contribution in [-0.4, -0.2) is 29.1 Å². The molecule has 0 unspecified atom stereocenters. The van der Waals surface area contributed by atoms with E-state index in [1.807, 2.05) is 35.2 Å². The minimum atomic E-state index is -0.188. The first-order valence-electron chi connectivity index (χ1n) is 6.17. The summed E-state index contributed by atoms with van der Waals surface area (Å²) in [5.41, 5.74) is 1.01. The lowest BCUT2D eigenvalue weighted by molar-refractivity contribution is -0.138. The number of likely N-dealkylation sites (tertiary alicyclic amines) is 1. The number of hydrogen-bond acceptors (Lipinski definition) is 2. The first-order chi connectivity index (χ1) is 8.22. The number of benzene rings is 1. The number of carbonyl (C=O) groups is 1. The summed E-state index contributed by atoms with van der Waals surface area (Å²) in [6.07, 6.45) is 1.56. The zero-order valence-corrected chi connectivity index (χ0v) is 10.2. The molecule has 0 aromatic heterocycles. The summed E-state index contributed by atoms with van der Waals surface area (Å²) in [5, 5.41) is 9.54. The molecule has 2 atom stereocenters. The summed E-state index contributed by atoms with van der Waals surface area (Å²) in [6.45, 7) is 2.89. The Bertz CT molecular complexity index is 377. The van der Waals surface area contributed by atoms with Crippen LogP contribution >= 0.6 is 0 Å². The SMILES string of the molecule is C[C@H]1CCC(=O)N([C@@H](CO)c2ccccc2)C1. The van der Waals surface area contributed by atoms with Crippen LogP contribution in [0.4, 0.5) is 0 Å². The van der Waals surface area contributed by atoms with Crippen molar-refractivity contribution in [3.63, 3.8) is 0 Å². The molecule has 1 aromatic carbocycles. The molecule has 1 aromatic rings. The molecule has 0 saturated carbocycles. The largest absolute Gasteiger partial charge is 0.394 e. The Morgan fingerprint density at radius 2 is 2.12 bits per heavy atom. The van der Waals surface area contributed by atoms with E-state index in [0.717, 1.165) is 18.5 Å². The smallest absolute Gasteiger partial charge is 0.223 e. The van der Waals surface area contributed by atoms with Crippen LogP contribution in [0.5, 0.6) is 0 Å². The number of carbonyl (C=O) groups excluding carboxylic acids is 1. The first kappa shape index (κ1) is 12.1. The van der Waals surface area contributed by atoms with Crippen LogP contribution in [0.25, 0.3) is 0 Å². The highest BCUT2D eigenvalue weighted by Crippen LogP contribution is 2.27. The van der Waals surface area contributed by atoms with Gasteiger partial charge in [0.1, 0.15) is 0 Å². The van der Waals surface area contributed by atoms with Gasteiger partial charge in [0.25, 0.3) is 0 Å². The molecule has 0 radical (unpaired) electrons. The molecule has 1 aliphatic heterocycles. The summed E-state index contributed by atoms with van der Waals surface area (Å²) in [6, 6.07) is 9.57. The standard InChI is InChI=1S/C14H19NO2/c1-11-7-8-14(17)15(9-11)13(10-16)12-5-3-2-4-6-12/h2-6,11,13,16H,7-10H2,1H3/t11-,13-/m0/s1. The summed E-state index contributed by atoms with van der Waals surface area (Å²) in [5.74, 6) is 0.677. The summed E-state index contributed by atoms with van der Waals surface area (Å²) < 4.78 is 0. The van der Waals surface area contributed by atoms with Gasteiger partial charge in [-0.3, -0.25) is 4.79 Å². The van der Waals surface area contributed by atoms with Crippen LogP contribution in [0.2, 0.25) is 0 Å². The van der Waals surface area contributed by atoms with Crippen molar-refractivity contribution in [1.29, 1.82) is 0 Å². The molecule has 1 aliphatic rings. The van der Waals surface area contributed by atoms with E-state index in [1.165, 1.54) is 0 Å². The molecule has 1 fully saturated rings. The molecule has 3 nitrogen and oxygen atoms in total. The summed E-state index contributed by atoms with van der Waals surface area (Å²) in [7, 11) is 0. The topological polar surface area (TPSA) is 40.5 Å². The number of amides is 1. The van der Waals surface area contributed by atoms with Crippen LogP contribution in [0, 0.1) is 5.92 Å². The maximum Gasteiger partial charge on any atom is 0.223 e. The lowest BCUT2D eigenvalue weighted by Crippen LogP contribution is -2.42. The van der Waals surface area contributed by atoms with Crippen molar-refractivity contribution >= 4 is 5.91 Å².